The van der Waals surface area contributed by atoms with Crippen LogP contribution in [-0.4, -0.2) is 35.5 Å². The van der Waals surface area contributed by atoms with Crippen LogP contribution in [0.1, 0.15) is 48.0 Å². The largest absolute Gasteiger partial charge is 0.491 e. The van der Waals surface area contributed by atoms with Gasteiger partial charge < -0.3 is 19.8 Å². The van der Waals surface area contributed by atoms with Gasteiger partial charge in [-0.05, 0) is 30.5 Å². The third-order valence-electron chi connectivity index (χ3n) is 4.54. The Kier molecular flexibility index (Phi) is 8.16. The quantitative estimate of drug-likeness (QED) is 0.724. The number of hydrogen-bond acceptors (Lipinski definition) is 5. The highest BCUT2D eigenvalue weighted by molar-refractivity contribution is 6.31. The molecule has 154 valence electrons. The Labute approximate surface area is 176 Å². The zero-order valence-corrected chi connectivity index (χ0v) is 17.8. The predicted molar refractivity (Wildman–Crippen MR) is 111 cm³/mol. The van der Waals surface area contributed by atoms with Crippen LogP contribution in [0.2, 0.25) is 5.02 Å². The lowest BCUT2D eigenvalue weighted by molar-refractivity contribution is 0.0723. The van der Waals surface area contributed by atoms with Crippen molar-refractivity contribution in [2.45, 2.75) is 39.7 Å². The fourth-order valence-electron chi connectivity index (χ4n) is 3.08. The normalized spacial score (nSPS) is 13.2. The van der Waals surface area contributed by atoms with E-state index in [0.717, 1.165) is 30.2 Å². The predicted octanol–water partition coefficient (Wildman–Crippen LogP) is 3.87. The van der Waals surface area contributed by atoms with Crippen LogP contribution in [-0.2, 0) is 19.4 Å². The molecule has 28 heavy (non-hydrogen) atoms. The zero-order chi connectivity index (χ0) is 19.4. The minimum atomic E-state index is -0.123. The van der Waals surface area contributed by atoms with Crippen LogP contribution in [0, 0.1) is 5.92 Å². The van der Waals surface area contributed by atoms with E-state index < -0.39 is 0 Å². The maximum absolute atomic E-state index is 13.1. The Morgan fingerprint density at radius 1 is 1.43 bits per heavy atom. The molecule has 0 spiro atoms. The number of nitrogens with two attached hydrogens (primary N) is 1. The molecule has 1 aromatic heterocycles. The summed E-state index contributed by atoms with van der Waals surface area (Å²) in [5.41, 5.74) is 6.80. The summed E-state index contributed by atoms with van der Waals surface area (Å²) in [4.78, 5) is 19.4. The van der Waals surface area contributed by atoms with Crippen LogP contribution >= 0.6 is 24.0 Å². The molecular formula is C20H27Cl2N3O3. The Morgan fingerprint density at radius 2 is 2.21 bits per heavy atom. The van der Waals surface area contributed by atoms with Gasteiger partial charge in [-0.15, -0.1) is 12.4 Å². The van der Waals surface area contributed by atoms with E-state index in [4.69, 9.17) is 26.5 Å². The Morgan fingerprint density at radius 3 is 2.93 bits per heavy atom. The van der Waals surface area contributed by atoms with E-state index in [0.29, 0.717) is 54.9 Å². The molecule has 6 nitrogen and oxygen atoms in total. The third-order valence-corrected chi connectivity index (χ3v) is 4.78. The molecule has 0 saturated carbocycles. The molecule has 0 saturated heterocycles. The number of amides is 1. The molecule has 1 amide bonds. The van der Waals surface area contributed by atoms with Crippen LogP contribution in [0.3, 0.4) is 0 Å². The van der Waals surface area contributed by atoms with Crippen molar-refractivity contribution in [3.8, 4) is 5.75 Å². The summed E-state index contributed by atoms with van der Waals surface area (Å²) in [7, 11) is 0. The first-order valence-electron chi connectivity index (χ1n) is 9.37. The number of hydrogen-bond donors (Lipinski definition) is 1. The van der Waals surface area contributed by atoms with E-state index in [1.807, 2.05) is 0 Å². The third kappa shape index (κ3) is 5.40. The second-order valence-corrected chi connectivity index (χ2v) is 7.60. The van der Waals surface area contributed by atoms with E-state index in [1.54, 1.807) is 23.1 Å². The molecule has 2 heterocycles. The highest BCUT2D eigenvalue weighted by Gasteiger charge is 2.28. The van der Waals surface area contributed by atoms with Crippen molar-refractivity contribution < 1.29 is 13.9 Å². The van der Waals surface area contributed by atoms with Crippen LogP contribution in [0.15, 0.2) is 22.6 Å². The molecule has 0 aliphatic carbocycles. The molecular weight excluding hydrogens is 401 g/mol. The summed E-state index contributed by atoms with van der Waals surface area (Å²) in [6.45, 7) is 6.09. The maximum Gasteiger partial charge on any atom is 0.258 e. The minimum absolute atomic E-state index is 0. The SMILES string of the molecule is CC(C)CCc1nc2c(o1)CCN(C(=O)c1cc(Cl)ccc1OCCN)C2.Cl. The fraction of sp³-hybridized carbons (Fsp3) is 0.500. The van der Waals surface area contributed by atoms with Crippen LogP contribution in [0.25, 0.3) is 0 Å². The number of nitrogens with zero attached hydrogens (tertiary/aromatic N) is 2. The molecule has 0 fully saturated rings. The molecule has 1 aliphatic rings. The van der Waals surface area contributed by atoms with Gasteiger partial charge in [0.2, 0.25) is 0 Å². The zero-order valence-electron chi connectivity index (χ0n) is 16.2. The van der Waals surface area contributed by atoms with E-state index in [2.05, 4.69) is 18.8 Å². The Balaban J connectivity index is 0.00000280. The van der Waals surface area contributed by atoms with Crippen molar-refractivity contribution in [1.82, 2.24) is 9.88 Å². The van der Waals surface area contributed by atoms with Gasteiger partial charge >= 0.3 is 0 Å². The smallest absolute Gasteiger partial charge is 0.258 e. The highest BCUT2D eigenvalue weighted by atomic mass is 35.5. The lowest BCUT2D eigenvalue weighted by Gasteiger charge is -2.26. The van der Waals surface area contributed by atoms with Crippen molar-refractivity contribution in [3.05, 3.63) is 46.1 Å². The first-order chi connectivity index (χ1) is 13.0. The van der Waals surface area contributed by atoms with Crippen molar-refractivity contribution in [3.63, 3.8) is 0 Å². The molecule has 0 bridgehead atoms. The standard InChI is InChI=1S/C20H26ClN3O3.ClH/c1-13(2)3-6-19-23-16-12-24(9-7-18(16)27-19)20(25)15-11-14(21)4-5-17(15)26-10-8-22;/h4-5,11,13H,3,6-10,12,22H2,1-2H3;1H. The molecule has 8 heteroatoms. The Hall–Kier alpha value is -1.76. The van der Waals surface area contributed by atoms with E-state index in [-0.39, 0.29) is 18.3 Å². The van der Waals surface area contributed by atoms with E-state index in [9.17, 15) is 4.79 Å². The van der Waals surface area contributed by atoms with Gasteiger partial charge in [0.25, 0.3) is 5.91 Å². The summed E-state index contributed by atoms with van der Waals surface area (Å²) in [6, 6.07) is 5.06. The monoisotopic (exact) mass is 427 g/mol. The number of oxazole rings is 1. The number of aromatic nitrogens is 1. The number of rotatable bonds is 7. The summed E-state index contributed by atoms with van der Waals surface area (Å²) >= 11 is 6.10. The number of halogens is 2. The fourth-order valence-corrected chi connectivity index (χ4v) is 3.25. The minimum Gasteiger partial charge on any atom is -0.491 e. The van der Waals surface area contributed by atoms with Crippen molar-refractivity contribution >= 4 is 29.9 Å². The average molecular weight is 428 g/mol. The first-order valence-corrected chi connectivity index (χ1v) is 9.75. The van der Waals surface area contributed by atoms with Gasteiger partial charge in [-0.1, -0.05) is 25.4 Å². The number of carbonyl (C=O) groups is 1. The second kappa shape index (κ2) is 10.1. The van der Waals surface area contributed by atoms with Gasteiger partial charge in [-0.2, -0.15) is 0 Å². The lowest BCUT2D eigenvalue weighted by atomic mass is 10.1. The summed E-state index contributed by atoms with van der Waals surface area (Å²) in [5, 5.41) is 0.494. The molecule has 0 atom stereocenters. The van der Waals surface area contributed by atoms with Gasteiger partial charge in [0, 0.05) is 31.0 Å². The molecule has 1 aliphatic heterocycles. The van der Waals surface area contributed by atoms with Crippen LogP contribution in [0.5, 0.6) is 5.75 Å². The van der Waals surface area contributed by atoms with Gasteiger partial charge in [0.15, 0.2) is 5.89 Å². The number of carbonyl (C=O) groups excluding carboxylic acids is 1. The Bertz CT molecular complexity index is 808. The van der Waals surface area contributed by atoms with Gasteiger partial charge in [0.05, 0.1) is 12.1 Å². The lowest BCUT2D eigenvalue weighted by Crippen LogP contribution is -2.36. The highest BCUT2D eigenvalue weighted by Crippen LogP contribution is 2.27. The molecule has 1 aromatic carbocycles. The molecule has 2 aromatic rings. The van der Waals surface area contributed by atoms with Crippen molar-refractivity contribution in [2.24, 2.45) is 11.7 Å². The second-order valence-electron chi connectivity index (χ2n) is 7.16. The van der Waals surface area contributed by atoms with Crippen LogP contribution < -0.4 is 10.5 Å². The van der Waals surface area contributed by atoms with Crippen molar-refractivity contribution in [1.29, 1.82) is 0 Å². The van der Waals surface area contributed by atoms with E-state index in [1.165, 1.54) is 0 Å². The van der Waals surface area contributed by atoms with Gasteiger partial charge in [-0.25, -0.2) is 4.98 Å². The van der Waals surface area contributed by atoms with E-state index >= 15 is 0 Å². The average Bonchev–Trinajstić information content (AvgIpc) is 3.07. The summed E-state index contributed by atoms with van der Waals surface area (Å²) < 4.78 is 11.5. The summed E-state index contributed by atoms with van der Waals surface area (Å²) in [5.74, 6) is 2.63. The maximum atomic E-state index is 13.1. The molecule has 2 N–H and O–H groups in total. The number of fused-ring (bicyclic) bond motifs is 1. The van der Waals surface area contributed by atoms with Gasteiger partial charge in [0.1, 0.15) is 23.8 Å². The van der Waals surface area contributed by atoms with Gasteiger partial charge in [-0.3, -0.25) is 4.79 Å². The summed E-state index contributed by atoms with van der Waals surface area (Å²) in [6.07, 6.45) is 2.52. The number of aryl methyl sites for hydroxylation is 1. The first kappa shape index (κ1) is 22.5. The molecule has 0 unspecified atom stereocenters. The van der Waals surface area contributed by atoms with Crippen LogP contribution in [0.4, 0.5) is 0 Å². The number of benzene rings is 1. The molecule has 0 radical (unpaired) electrons. The topological polar surface area (TPSA) is 81.6 Å². The van der Waals surface area contributed by atoms with Crippen molar-refractivity contribution in [2.75, 3.05) is 19.7 Å². The molecule has 3 rings (SSSR count). The number of ether oxygens (including phenoxy) is 1.